The number of benzene rings is 1. The van der Waals surface area contributed by atoms with E-state index >= 15 is 0 Å². The second kappa shape index (κ2) is 4.29. The molecule has 0 unspecified atom stereocenters. The molecule has 0 aliphatic heterocycles. The van der Waals surface area contributed by atoms with Crippen molar-refractivity contribution in [2.75, 3.05) is 0 Å². The quantitative estimate of drug-likeness (QED) is 0.836. The number of nitrogens with one attached hydrogen (secondary N) is 1. The Morgan fingerprint density at radius 2 is 2.00 bits per heavy atom. The van der Waals surface area contributed by atoms with E-state index in [1.165, 1.54) is 12.1 Å². The van der Waals surface area contributed by atoms with Crippen LogP contribution in [0, 0.1) is 5.82 Å². The van der Waals surface area contributed by atoms with E-state index in [0.717, 1.165) is 0 Å². The molecule has 0 amide bonds. The largest absolute Gasteiger partial charge is 0.389 e. The van der Waals surface area contributed by atoms with Crippen LogP contribution >= 0.6 is 15.9 Å². The third kappa shape index (κ3) is 2.96. The first-order valence-electron chi connectivity index (χ1n) is 4.75. The number of hydrogen-bond acceptors (Lipinski definition) is 1. The van der Waals surface area contributed by atoms with Gasteiger partial charge in [0.15, 0.2) is 0 Å². The minimum Gasteiger partial charge on any atom is -0.342 e. The molecule has 1 aromatic heterocycles. The van der Waals surface area contributed by atoms with Crippen LogP contribution in [0.5, 0.6) is 0 Å². The van der Waals surface area contributed by atoms with Crippen molar-refractivity contribution in [2.24, 2.45) is 0 Å². The Kier molecular flexibility index (Phi) is 3.11. The average Bonchev–Trinajstić information content (AvgIpc) is 2.57. The molecule has 0 aliphatic rings. The lowest BCUT2D eigenvalue weighted by molar-refractivity contribution is -0.134. The minimum atomic E-state index is -4.22. The SMILES string of the molecule is Fc1cc2[nH]c(CCC(F)(F)F)nc2cc1Br. The van der Waals surface area contributed by atoms with E-state index in [-0.39, 0.29) is 16.7 Å². The lowest BCUT2D eigenvalue weighted by Crippen LogP contribution is -2.09. The molecule has 0 saturated carbocycles. The minimum absolute atomic E-state index is 0.204. The van der Waals surface area contributed by atoms with Crippen molar-refractivity contribution in [1.29, 1.82) is 0 Å². The van der Waals surface area contributed by atoms with Crippen LogP contribution in [0.4, 0.5) is 17.6 Å². The molecule has 1 aromatic carbocycles. The number of aromatic amines is 1. The highest BCUT2D eigenvalue weighted by molar-refractivity contribution is 9.10. The second-order valence-corrected chi connectivity index (χ2v) is 4.44. The second-order valence-electron chi connectivity index (χ2n) is 3.58. The zero-order chi connectivity index (χ0) is 12.6. The van der Waals surface area contributed by atoms with Gasteiger partial charge in [-0.2, -0.15) is 13.2 Å². The Labute approximate surface area is 102 Å². The van der Waals surface area contributed by atoms with Gasteiger partial charge in [-0.3, -0.25) is 0 Å². The topological polar surface area (TPSA) is 28.7 Å². The predicted octanol–water partition coefficient (Wildman–Crippen LogP) is 3.96. The summed E-state index contributed by atoms with van der Waals surface area (Å²) < 4.78 is 49.4. The predicted molar refractivity (Wildman–Crippen MR) is 58.1 cm³/mol. The fourth-order valence-corrected chi connectivity index (χ4v) is 1.77. The van der Waals surface area contributed by atoms with Gasteiger partial charge in [-0.1, -0.05) is 0 Å². The molecule has 0 fully saturated rings. The Balaban J connectivity index is 2.26. The maximum absolute atomic E-state index is 13.2. The Bertz CT molecular complexity index is 508. The standard InChI is InChI=1S/C10H7BrF4N2/c11-5-3-7-8(4-6(5)12)17-9(16-7)1-2-10(13,14)15/h3-4H,1-2H2,(H,16,17). The highest BCUT2D eigenvalue weighted by Crippen LogP contribution is 2.24. The molecule has 2 rings (SSSR count). The molecule has 0 aliphatic carbocycles. The lowest BCUT2D eigenvalue weighted by atomic mass is 10.3. The first-order valence-corrected chi connectivity index (χ1v) is 5.55. The monoisotopic (exact) mass is 310 g/mol. The molecule has 2 nitrogen and oxygen atoms in total. The number of aromatic nitrogens is 2. The van der Waals surface area contributed by atoms with Gasteiger partial charge >= 0.3 is 6.18 Å². The number of hydrogen-bond donors (Lipinski definition) is 1. The van der Waals surface area contributed by atoms with Crippen molar-refractivity contribution in [3.05, 3.63) is 28.2 Å². The highest BCUT2D eigenvalue weighted by Gasteiger charge is 2.27. The van der Waals surface area contributed by atoms with E-state index < -0.39 is 18.4 Å². The molecule has 0 radical (unpaired) electrons. The van der Waals surface area contributed by atoms with Crippen molar-refractivity contribution in [3.63, 3.8) is 0 Å². The third-order valence-corrected chi connectivity index (χ3v) is 2.83. The number of aryl methyl sites for hydroxylation is 1. The summed E-state index contributed by atoms with van der Waals surface area (Å²) in [5.41, 5.74) is 0.832. The number of H-pyrrole nitrogens is 1. The summed E-state index contributed by atoms with van der Waals surface area (Å²) in [6, 6.07) is 2.63. The lowest BCUT2D eigenvalue weighted by Gasteiger charge is -2.02. The molecule has 0 atom stereocenters. The fourth-order valence-electron chi connectivity index (χ4n) is 1.44. The third-order valence-electron chi connectivity index (χ3n) is 2.22. The molecule has 7 heteroatoms. The molecule has 17 heavy (non-hydrogen) atoms. The first kappa shape index (κ1) is 12.3. The van der Waals surface area contributed by atoms with E-state index in [1.807, 2.05) is 0 Å². The van der Waals surface area contributed by atoms with Crippen molar-refractivity contribution >= 4 is 27.0 Å². The van der Waals surface area contributed by atoms with Crippen molar-refractivity contribution in [3.8, 4) is 0 Å². The number of nitrogens with zero attached hydrogens (tertiary/aromatic N) is 1. The number of imidazole rings is 1. The smallest absolute Gasteiger partial charge is 0.342 e. The normalized spacial score (nSPS) is 12.3. The van der Waals surface area contributed by atoms with Crippen molar-refractivity contribution < 1.29 is 17.6 Å². The van der Waals surface area contributed by atoms with Gasteiger partial charge in [0.2, 0.25) is 0 Å². The molecule has 0 saturated heterocycles. The van der Waals surface area contributed by atoms with E-state index in [9.17, 15) is 17.6 Å². The summed E-state index contributed by atoms with van der Waals surface area (Å²) in [6.07, 6.45) is -5.40. The van der Waals surface area contributed by atoms with Crippen LogP contribution < -0.4 is 0 Å². The zero-order valence-electron chi connectivity index (χ0n) is 8.41. The van der Waals surface area contributed by atoms with Crippen LogP contribution in [-0.2, 0) is 6.42 Å². The molecule has 0 bridgehead atoms. The van der Waals surface area contributed by atoms with Gasteiger partial charge in [0.25, 0.3) is 0 Å². The van der Waals surface area contributed by atoms with Gasteiger partial charge in [0.1, 0.15) is 11.6 Å². The summed E-state index contributed by atoms with van der Waals surface area (Å²) >= 11 is 2.99. The summed E-state index contributed by atoms with van der Waals surface area (Å²) in [6.45, 7) is 0. The molecule has 1 heterocycles. The maximum Gasteiger partial charge on any atom is 0.389 e. The van der Waals surface area contributed by atoms with Crippen LogP contribution in [0.25, 0.3) is 11.0 Å². The van der Waals surface area contributed by atoms with Gasteiger partial charge in [0.05, 0.1) is 21.9 Å². The van der Waals surface area contributed by atoms with Crippen LogP contribution in [-0.4, -0.2) is 16.1 Å². The number of alkyl halides is 3. The van der Waals surface area contributed by atoms with Gasteiger partial charge in [-0.25, -0.2) is 9.37 Å². The molecular formula is C10H7BrF4N2. The van der Waals surface area contributed by atoms with Crippen molar-refractivity contribution in [1.82, 2.24) is 9.97 Å². The van der Waals surface area contributed by atoms with Gasteiger partial charge in [0, 0.05) is 12.5 Å². The van der Waals surface area contributed by atoms with E-state index in [0.29, 0.717) is 11.0 Å². The molecule has 2 aromatic rings. The van der Waals surface area contributed by atoms with Crippen LogP contribution in [0.1, 0.15) is 12.2 Å². The van der Waals surface area contributed by atoms with Gasteiger partial charge in [-0.15, -0.1) is 0 Å². The maximum atomic E-state index is 13.2. The number of halogens is 5. The Morgan fingerprint density at radius 3 is 2.65 bits per heavy atom. The summed E-state index contributed by atoms with van der Waals surface area (Å²) in [7, 11) is 0. The van der Waals surface area contributed by atoms with E-state index in [4.69, 9.17) is 0 Å². The molecular weight excluding hydrogens is 304 g/mol. The Hall–Kier alpha value is -1.11. The van der Waals surface area contributed by atoms with Crippen LogP contribution in [0.15, 0.2) is 16.6 Å². The van der Waals surface area contributed by atoms with Crippen LogP contribution in [0.2, 0.25) is 0 Å². The van der Waals surface area contributed by atoms with Crippen LogP contribution in [0.3, 0.4) is 0 Å². The summed E-state index contributed by atoms with van der Waals surface area (Å²) in [5.74, 6) is -0.279. The first-order chi connectivity index (χ1) is 7.85. The van der Waals surface area contributed by atoms with Crippen molar-refractivity contribution in [2.45, 2.75) is 19.0 Å². The Morgan fingerprint density at radius 1 is 1.29 bits per heavy atom. The number of rotatable bonds is 2. The molecule has 1 N–H and O–H groups in total. The molecule has 92 valence electrons. The summed E-state index contributed by atoms with van der Waals surface area (Å²) in [5, 5.41) is 0. The summed E-state index contributed by atoms with van der Waals surface area (Å²) in [4.78, 5) is 6.63. The van der Waals surface area contributed by atoms with E-state index in [2.05, 4.69) is 25.9 Å². The average molecular weight is 311 g/mol. The fraction of sp³-hybridized carbons (Fsp3) is 0.300. The number of fused-ring (bicyclic) bond motifs is 1. The van der Waals surface area contributed by atoms with E-state index in [1.54, 1.807) is 0 Å². The van der Waals surface area contributed by atoms with Gasteiger partial charge in [-0.05, 0) is 22.0 Å². The highest BCUT2D eigenvalue weighted by atomic mass is 79.9. The van der Waals surface area contributed by atoms with Gasteiger partial charge < -0.3 is 4.98 Å². The zero-order valence-corrected chi connectivity index (χ0v) is 9.99. The molecule has 0 spiro atoms.